The smallest absolute Gasteiger partial charge is 0.0689 e. The predicted octanol–water partition coefficient (Wildman–Crippen LogP) is 3.66. The van der Waals surface area contributed by atoms with Gasteiger partial charge in [-0.3, -0.25) is 0 Å². The molecule has 1 spiro atoms. The fourth-order valence-corrected chi connectivity index (χ4v) is 4.45. The highest BCUT2D eigenvalue weighted by molar-refractivity contribution is 5.78. The van der Waals surface area contributed by atoms with Crippen LogP contribution in [-0.2, 0) is 4.74 Å². The summed E-state index contributed by atoms with van der Waals surface area (Å²) in [6.45, 7) is 4.30. The van der Waals surface area contributed by atoms with Gasteiger partial charge in [-0.1, -0.05) is 37.3 Å². The molecule has 2 bridgehead atoms. The summed E-state index contributed by atoms with van der Waals surface area (Å²) in [6.07, 6.45) is 4.00. The number of hydrogen-bond donors (Lipinski definition) is 0. The van der Waals surface area contributed by atoms with Gasteiger partial charge in [-0.15, -0.1) is 0 Å². The van der Waals surface area contributed by atoms with Gasteiger partial charge >= 0.3 is 0 Å². The Labute approximate surface area is 102 Å². The van der Waals surface area contributed by atoms with Crippen molar-refractivity contribution in [2.45, 2.75) is 26.2 Å². The second kappa shape index (κ2) is 3.02. The second-order valence-corrected chi connectivity index (χ2v) is 6.23. The molecule has 0 amide bonds. The van der Waals surface area contributed by atoms with E-state index in [0.29, 0.717) is 10.8 Å². The second-order valence-electron chi connectivity index (χ2n) is 6.23. The maximum atomic E-state index is 5.77. The monoisotopic (exact) mass is 226 g/mol. The summed E-state index contributed by atoms with van der Waals surface area (Å²) in [4.78, 5) is 0. The summed E-state index contributed by atoms with van der Waals surface area (Å²) >= 11 is 0. The highest BCUT2D eigenvalue weighted by atomic mass is 16.5. The van der Waals surface area contributed by atoms with Crippen molar-refractivity contribution in [2.75, 3.05) is 13.2 Å². The number of fused-ring (bicyclic) bond motifs is 1. The van der Waals surface area contributed by atoms with Crippen molar-refractivity contribution in [3.63, 3.8) is 0 Å². The van der Waals surface area contributed by atoms with E-state index in [2.05, 4.69) is 37.3 Å². The van der Waals surface area contributed by atoms with Crippen LogP contribution in [0.5, 0.6) is 0 Å². The van der Waals surface area contributed by atoms with Gasteiger partial charge in [-0.2, -0.15) is 0 Å². The molecule has 1 saturated heterocycles. The van der Waals surface area contributed by atoms with Crippen molar-refractivity contribution in [2.24, 2.45) is 10.8 Å². The minimum absolute atomic E-state index is 0.417. The molecule has 1 heterocycles. The van der Waals surface area contributed by atoms with Crippen LogP contribution in [-0.4, -0.2) is 13.2 Å². The molecular weight excluding hydrogens is 208 g/mol. The molecule has 2 aliphatic carbocycles. The molecule has 0 unspecified atom stereocenters. The lowest BCUT2D eigenvalue weighted by atomic mass is 9.76. The Bertz CT molecular complexity index is 502. The van der Waals surface area contributed by atoms with Crippen molar-refractivity contribution in [1.82, 2.24) is 0 Å². The molecule has 1 nitrogen and oxygen atoms in total. The number of ether oxygens (including phenoxy) is 1. The molecule has 0 N–H and O–H groups in total. The number of benzene rings is 1. The zero-order chi connectivity index (χ0) is 11.5. The van der Waals surface area contributed by atoms with Crippen LogP contribution >= 0.6 is 0 Å². The van der Waals surface area contributed by atoms with E-state index in [1.807, 2.05) is 0 Å². The minimum atomic E-state index is 0.417. The molecular formula is C16H18O. The SMILES string of the molecule is C[C@]12CC[C@@]3(COCC3=C1c1ccccc1)C2. The molecule has 0 radical (unpaired) electrons. The molecule has 88 valence electrons. The van der Waals surface area contributed by atoms with Gasteiger partial charge in [0.25, 0.3) is 0 Å². The topological polar surface area (TPSA) is 9.23 Å². The van der Waals surface area contributed by atoms with Gasteiger partial charge in [0.05, 0.1) is 13.2 Å². The molecule has 17 heavy (non-hydrogen) atoms. The molecule has 2 fully saturated rings. The van der Waals surface area contributed by atoms with Crippen LogP contribution in [0.4, 0.5) is 0 Å². The van der Waals surface area contributed by atoms with Gasteiger partial charge in [0.15, 0.2) is 0 Å². The fourth-order valence-electron chi connectivity index (χ4n) is 4.45. The lowest BCUT2D eigenvalue weighted by Crippen LogP contribution is -2.17. The molecule has 1 saturated carbocycles. The normalized spacial score (nSPS) is 38.9. The van der Waals surface area contributed by atoms with Gasteiger partial charge in [0.1, 0.15) is 0 Å². The maximum Gasteiger partial charge on any atom is 0.0689 e. The third-order valence-electron chi connectivity index (χ3n) is 5.12. The van der Waals surface area contributed by atoms with Gasteiger partial charge < -0.3 is 4.74 Å². The Morgan fingerprint density at radius 2 is 1.94 bits per heavy atom. The van der Waals surface area contributed by atoms with Gasteiger partial charge in [-0.05, 0) is 41.4 Å². The van der Waals surface area contributed by atoms with E-state index in [1.54, 1.807) is 11.1 Å². The lowest BCUT2D eigenvalue weighted by Gasteiger charge is -2.28. The Morgan fingerprint density at radius 1 is 1.12 bits per heavy atom. The molecule has 3 aliphatic rings. The van der Waals surface area contributed by atoms with E-state index in [1.165, 1.54) is 24.8 Å². The van der Waals surface area contributed by atoms with Crippen LogP contribution in [0.15, 0.2) is 35.9 Å². The fraction of sp³-hybridized carbons (Fsp3) is 0.500. The van der Waals surface area contributed by atoms with Crippen molar-refractivity contribution < 1.29 is 4.74 Å². The average molecular weight is 226 g/mol. The number of allylic oxidation sites excluding steroid dienone is 1. The molecule has 1 aromatic rings. The summed E-state index contributed by atoms with van der Waals surface area (Å²) in [7, 11) is 0. The van der Waals surface area contributed by atoms with Gasteiger partial charge in [0, 0.05) is 5.41 Å². The Hall–Kier alpha value is -1.08. The van der Waals surface area contributed by atoms with Crippen LogP contribution in [0.25, 0.3) is 5.57 Å². The van der Waals surface area contributed by atoms with Gasteiger partial charge in [-0.25, -0.2) is 0 Å². The van der Waals surface area contributed by atoms with E-state index in [-0.39, 0.29) is 0 Å². The minimum Gasteiger partial charge on any atom is -0.376 e. The van der Waals surface area contributed by atoms with Crippen molar-refractivity contribution in [3.8, 4) is 0 Å². The summed E-state index contributed by atoms with van der Waals surface area (Å²) in [5.41, 5.74) is 5.50. The maximum absolute atomic E-state index is 5.77. The zero-order valence-electron chi connectivity index (χ0n) is 10.3. The van der Waals surface area contributed by atoms with E-state index in [9.17, 15) is 0 Å². The first-order valence-corrected chi connectivity index (χ1v) is 6.61. The highest BCUT2D eigenvalue weighted by Crippen LogP contribution is 2.68. The van der Waals surface area contributed by atoms with E-state index >= 15 is 0 Å². The molecule has 4 rings (SSSR count). The standard InChI is InChI=1S/C16H18O/c1-15-7-8-16(10-15)11-17-9-13(16)14(15)12-5-3-2-4-6-12/h2-6H,7-11H2,1H3/t15-,16+/m1/s1. The average Bonchev–Trinajstić information content (AvgIpc) is 2.94. The van der Waals surface area contributed by atoms with E-state index in [4.69, 9.17) is 4.74 Å². The molecule has 1 aromatic carbocycles. The number of hydrogen-bond acceptors (Lipinski definition) is 1. The Morgan fingerprint density at radius 3 is 2.76 bits per heavy atom. The van der Waals surface area contributed by atoms with E-state index < -0.39 is 0 Å². The Kier molecular flexibility index (Phi) is 1.76. The largest absolute Gasteiger partial charge is 0.376 e. The number of rotatable bonds is 1. The predicted molar refractivity (Wildman–Crippen MR) is 68.6 cm³/mol. The van der Waals surface area contributed by atoms with Crippen LogP contribution in [0.3, 0.4) is 0 Å². The molecule has 0 aromatic heterocycles. The molecule has 1 aliphatic heterocycles. The van der Waals surface area contributed by atoms with Crippen molar-refractivity contribution in [3.05, 3.63) is 41.5 Å². The van der Waals surface area contributed by atoms with Crippen LogP contribution < -0.4 is 0 Å². The quantitative estimate of drug-likeness (QED) is 0.710. The zero-order valence-corrected chi connectivity index (χ0v) is 10.3. The van der Waals surface area contributed by atoms with Crippen LogP contribution in [0.2, 0.25) is 0 Å². The first kappa shape index (κ1) is 9.90. The van der Waals surface area contributed by atoms with Crippen LogP contribution in [0, 0.1) is 10.8 Å². The summed E-state index contributed by atoms with van der Waals surface area (Å²) in [5, 5.41) is 0. The molecule has 1 heteroatoms. The van der Waals surface area contributed by atoms with E-state index in [0.717, 1.165) is 13.2 Å². The summed E-state index contributed by atoms with van der Waals surface area (Å²) < 4.78 is 5.77. The van der Waals surface area contributed by atoms with Gasteiger partial charge in [0.2, 0.25) is 0 Å². The first-order chi connectivity index (χ1) is 8.24. The van der Waals surface area contributed by atoms with Crippen molar-refractivity contribution in [1.29, 1.82) is 0 Å². The highest BCUT2D eigenvalue weighted by Gasteiger charge is 2.59. The summed E-state index contributed by atoms with van der Waals surface area (Å²) in [6, 6.07) is 10.9. The first-order valence-electron chi connectivity index (χ1n) is 6.61. The van der Waals surface area contributed by atoms with Crippen LogP contribution in [0.1, 0.15) is 31.7 Å². The van der Waals surface area contributed by atoms with Crippen molar-refractivity contribution >= 4 is 5.57 Å². The Balaban J connectivity index is 1.95. The summed E-state index contributed by atoms with van der Waals surface area (Å²) in [5.74, 6) is 0. The third kappa shape index (κ3) is 1.13. The lowest BCUT2D eigenvalue weighted by molar-refractivity contribution is 0.151. The molecule has 2 atom stereocenters. The third-order valence-corrected chi connectivity index (χ3v) is 5.12.